The van der Waals surface area contributed by atoms with Gasteiger partial charge >= 0.3 is 11.9 Å². The fourth-order valence-corrected chi connectivity index (χ4v) is 3.24. The summed E-state index contributed by atoms with van der Waals surface area (Å²) in [6.45, 7) is 12.3. The van der Waals surface area contributed by atoms with E-state index < -0.39 is 11.9 Å². The lowest BCUT2D eigenvalue weighted by Gasteiger charge is -2.30. The quantitative estimate of drug-likeness (QED) is 0.300. The van der Waals surface area contributed by atoms with Gasteiger partial charge in [0, 0.05) is 5.57 Å². The van der Waals surface area contributed by atoms with Crippen LogP contribution in [0.1, 0.15) is 91.9 Å². The Morgan fingerprint density at radius 1 is 1.00 bits per heavy atom. The second kappa shape index (κ2) is 13.9. The van der Waals surface area contributed by atoms with E-state index in [0.717, 1.165) is 44.9 Å². The predicted molar refractivity (Wildman–Crippen MR) is 103 cm³/mol. The van der Waals surface area contributed by atoms with Gasteiger partial charge in [0.2, 0.25) is 0 Å². The molecule has 0 saturated carbocycles. The average Bonchev–Trinajstić information content (AvgIpc) is 2.57. The average molecular weight is 355 g/mol. The summed E-state index contributed by atoms with van der Waals surface area (Å²) in [5, 5.41) is 8.85. The van der Waals surface area contributed by atoms with E-state index in [1.807, 2.05) is 0 Å². The van der Waals surface area contributed by atoms with Crippen LogP contribution in [0.25, 0.3) is 0 Å². The van der Waals surface area contributed by atoms with E-state index in [-0.39, 0.29) is 18.1 Å². The van der Waals surface area contributed by atoms with E-state index in [9.17, 15) is 9.59 Å². The van der Waals surface area contributed by atoms with E-state index in [1.165, 1.54) is 12.8 Å². The van der Waals surface area contributed by atoms with Crippen LogP contribution in [0.3, 0.4) is 0 Å². The molecule has 0 saturated heterocycles. The SMILES string of the molecule is C=C(CC(=O)O)C(=O)OC(CC(CC)CCCC)C(CC)CCCC. The van der Waals surface area contributed by atoms with Gasteiger partial charge in [-0.15, -0.1) is 0 Å². The number of hydrogen-bond acceptors (Lipinski definition) is 3. The highest BCUT2D eigenvalue weighted by molar-refractivity contribution is 5.92. The summed E-state index contributed by atoms with van der Waals surface area (Å²) in [4.78, 5) is 23.1. The van der Waals surface area contributed by atoms with Crippen molar-refractivity contribution in [3.8, 4) is 0 Å². The monoisotopic (exact) mass is 354 g/mol. The normalized spacial score (nSPS) is 14.6. The molecule has 0 fully saturated rings. The summed E-state index contributed by atoms with van der Waals surface area (Å²) >= 11 is 0. The Kier molecular flexibility index (Phi) is 13.2. The second-order valence-corrected chi connectivity index (χ2v) is 7.08. The first-order chi connectivity index (χ1) is 11.9. The summed E-state index contributed by atoms with van der Waals surface area (Å²) in [6, 6.07) is 0. The van der Waals surface area contributed by atoms with E-state index in [4.69, 9.17) is 9.84 Å². The van der Waals surface area contributed by atoms with Gasteiger partial charge in [-0.3, -0.25) is 4.79 Å². The van der Waals surface area contributed by atoms with E-state index in [1.54, 1.807) is 0 Å². The van der Waals surface area contributed by atoms with Crippen molar-refractivity contribution in [3.63, 3.8) is 0 Å². The Bertz CT molecular complexity index is 403. The first kappa shape index (κ1) is 23.7. The number of aliphatic carboxylic acids is 1. The highest BCUT2D eigenvalue weighted by Crippen LogP contribution is 2.29. The lowest BCUT2D eigenvalue weighted by Crippen LogP contribution is -2.30. The van der Waals surface area contributed by atoms with Crippen LogP contribution in [-0.2, 0) is 14.3 Å². The van der Waals surface area contributed by atoms with Gasteiger partial charge in [-0.25, -0.2) is 4.79 Å². The molecule has 0 aliphatic heterocycles. The fourth-order valence-electron chi connectivity index (χ4n) is 3.24. The van der Waals surface area contributed by atoms with Gasteiger partial charge in [-0.1, -0.05) is 72.8 Å². The molecule has 4 nitrogen and oxygen atoms in total. The minimum Gasteiger partial charge on any atom is -0.481 e. The molecule has 0 rings (SSSR count). The van der Waals surface area contributed by atoms with Gasteiger partial charge in [0.05, 0.1) is 6.42 Å². The molecule has 0 aliphatic rings. The summed E-state index contributed by atoms with van der Waals surface area (Å²) in [6.07, 6.45) is 9.21. The van der Waals surface area contributed by atoms with Crippen molar-refractivity contribution in [1.29, 1.82) is 0 Å². The van der Waals surface area contributed by atoms with Crippen LogP contribution in [-0.4, -0.2) is 23.1 Å². The lowest BCUT2D eigenvalue weighted by molar-refractivity contribution is -0.150. The number of carboxylic acid groups (broad SMARTS) is 1. The molecule has 3 unspecified atom stereocenters. The highest BCUT2D eigenvalue weighted by Gasteiger charge is 2.27. The number of hydrogen-bond donors (Lipinski definition) is 1. The van der Waals surface area contributed by atoms with E-state index in [0.29, 0.717) is 11.8 Å². The van der Waals surface area contributed by atoms with Crippen LogP contribution < -0.4 is 0 Å². The molecule has 0 aliphatic carbocycles. The molecule has 0 aromatic heterocycles. The first-order valence-electron chi connectivity index (χ1n) is 9.99. The number of unbranched alkanes of at least 4 members (excludes halogenated alkanes) is 2. The Morgan fingerprint density at radius 2 is 1.60 bits per heavy atom. The molecule has 0 amide bonds. The van der Waals surface area contributed by atoms with E-state index in [2.05, 4.69) is 34.3 Å². The lowest BCUT2D eigenvalue weighted by atomic mass is 9.84. The molecule has 146 valence electrons. The molecule has 25 heavy (non-hydrogen) atoms. The summed E-state index contributed by atoms with van der Waals surface area (Å²) in [5.74, 6) is -0.725. The number of carbonyl (C=O) groups is 2. The molecule has 0 aromatic rings. The largest absolute Gasteiger partial charge is 0.481 e. The van der Waals surface area contributed by atoms with Gasteiger partial charge in [0.25, 0.3) is 0 Å². The zero-order valence-corrected chi connectivity index (χ0v) is 16.7. The molecule has 0 spiro atoms. The first-order valence-corrected chi connectivity index (χ1v) is 9.99. The van der Waals surface area contributed by atoms with Gasteiger partial charge in [-0.05, 0) is 31.1 Å². The van der Waals surface area contributed by atoms with Crippen molar-refractivity contribution >= 4 is 11.9 Å². The van der Waals surface area contributed by atoms with Crippen LogP contribution >= 0.6 is 0 Å². The zero-order valence-electron chi connectivity index (χ0n) is 16.7. The van der Waals surface area contributed by atoms with Crippen LogP contribution in [0, 0.1) is 11.8 Å². The third kappa shape index (κ3) is 10.3. The van der Waals surface area contributed by atoms with E-state index >= 15 is 0 Å². The number of carbonyl (C=O) groups excluding carboxylic acids is 1. The molecule has 0 aromatic carbocycles. The van der Waals surface area contributed by atoms with Gasteiger partial charge in [-0.2, -0.15) is 0 Å². The Hall–Kier alpha value is -1.32. The standard InChI is InChI=1S/C21H38O4/c1-6-10-12-17(8-3)15-19(18(9-4)13-11-7-2)25-21(24)16(5)14-20(22)23/h17-19H,5-15H2,1-4H3,(H,22,23). The molecule has 3 atom stereocenters. The van der Waals surface area contributed by atoms with Crippen molar-refractivity contribution in [1.82, 2.24) is 0 Å². The van der Waals surface area contributed by atoms with Crippen LogP contribution in [0.2, 0.25) is 0 Å². The van der Waals surface area contributed by atoms with Crippen molar-refractivity contribution in [2.24, 2.45) is 11.8 Å². The molecular weight excluding hydrogens is 316 g/mol. The van der Waals surface area contributed by atoms with Crippen molar-refractivity contribution < 1.29 is 19.4 Å². The number of carboxylic acids is 1. The zero-order chi connectivity index (χ0) is 19.2. The van der Waals surface area contributed by atoms with Gasteiger partial charge < -0.3 is 9.84 Å². The van der Waals surface area contributed by atoms with Crippen LogP contribution in [0.4, 0.5) is 0 Å². The highest BCUT2D eigenvalue weighted by atomic mass is 16.5. The number of esters is 1. The number of ether oxygens (including phenoxy) is 1. The number of rotatable bonds is 15. The predicted octanol–water partition coefficient (Wildman–Crippen LogP) is 5.75. The Labute approximate surface area is 154 Å². The van der Waals surface area contributed by atoms with Crippen molar-refractivity contribution in [2.75, 3.05) is 0 Å². The molecular formula is C21H38O4. The molecule has 0 heterocycles. The summed E-state index contributed by atoms with van der Waals surface area (Å²) in [7, 11) is 0. The molecule has 0 radical (unpaired) electrons. The fraction of sp³-hybridized carbons (Fsp3) is 0.810. The maximum Gasteiger partial charge on any atom is 0.334 e. The smallest absolute Gasteiger partial charge is 0.334 e. The topological polar surface area (TPSA) is 63.6 Å². The van der Waals surface area contributed by atoms with Crippen LogP contribution in [0.15, 0.2) is 12.2 Å². The van der Waals surface area contributed by atoms with Crippen molar-refractivity contribution in [2.45, 2.75) is 98.0 Å². The summed E-state index contributed by atoms with van der Waals surface area (Å²) in [5.41, 5.74) is 0.0319. The maximum atomic E-state index is 12.3. The van der Waals surface area contributed by atoms with Crippen molar-refractivity contribution in [3.05, 3.63) is 12.2 Å². The summed E-state index contributed by atoms with van der Waals surface area (Å²) < 4.78 is 5.77. The molecule has 1 N–H and O–H groups in total. The third-order valence-corrected chi connectivity index (χ3v) is 5.00. The minimum absolute atomic E-state index is 0.0319. The third-order valence-electron chi connectivity index (χ3n) is 5.00. The van der Waals surface area contributed by atoms with Gasteiger partial charge in [0.1, 0.15) is 6.10 Å². The second-order valence-electron chi connectivity index (χ2n) is 7.08. The Balaban J connectivity index is 5.05. The van der Waals surface area contributed by atoms with Crippen LogP contribution in [0.5, 0.6) is 0 Å². The van der Waals surface area contributed by atoms with Gasteiger partial charge in [0.15, 0.2) is 0 Å². The molecule has 0 bridgehead atoms. The minimum atomic E-state index is -1.05. The Morgan fingerprint density at radius 3 is 2.08 bits per heavy atom. The maximum absolute atomic E-state index is 12.3. The molecule has 4 heteroatoms.